The number of rotatable bonds is 6. The molecule has 2 aromatic rings. The molecule has 0 aliphatic rings. The van der Waals surface area contributed by atoms with Crippen LogP contribution in [0.15, 0.2) is 41.4 Å². The molecule has 0 aliphatic heterocycles. The molecule has 6 nitrogen and oxygen atoms in total. The zero-order valence-corrected chi connectivity index (χ0v) is 13.0. The van der Waals surface area contributed by atoms with E-state index in [0.29, 0.717) is 5.69 Å². The molecule has 0 aliphatic carbocycles. The Morgan fingerprint density at radius 3 is 2.76 bits per heavy atom. The first kappa shape index (κ1) is 15.7. The minimum atomic E-state index is -3.57. The van der Waals surface area contributed by atoms with Crippen molar-refractivity contribution in [2.24, 2.45) is 12.8 Å². The summed E-state index contributed by atoms with van der Waals surface area (Å²) in [5, 5.41) is 4.14. The molecule has 1 atom stereocenters. The van der Waals surface area contributed by atoms with Gasteiger partial charge in [0.2, 0.25) is 10.0 Å². The monoisotopic (exact) mass is 308 g/mol. The van der Waals surface area contributed by atoms with E-state index < -0.39 is 10.0 Å². The fourth-order valence-corrected chi connectivity index (χ4v) is 3.01. The fraction of sp³-hybridized carbons (Fsp3) is 0.357. The second kappa shape index (κ2) is 6.38. The Balaban J connectivity index is 2.15. The molecule has 1 unspecified atom stereocenters. The van der Waals surface area contributed by atoms with Crippen LogP contribution in [0.4, 0.5) is 0 Å². The third kappa shape index (κ3) is 3.90. The van der Waals surface area contributed by atoms with Gasteiger partial charge in [0, 0.05) is 19.3 Å². The van der Waals surface area contributed by atoms with E-state index >= 15 is 0 Å². The Kier molecular flexibility index (Phi) is 4.76. The van der Waals surface area contributed by atoms with Crippen LogP contribution < -0.4 is 10.5 Å². The average molecular weight is 308 g/mol. The lowest BCUT2D eigenvalue weighted by atomic mass is 10.1. The number of hydrogen-bond acceptors (Lipinski definition) is 4. The number of benzene rings is 1. The third-order valence-electron chi connectivity index (χ3n) is 3.25. The van der Waals surface area contributed by atoms with Crippen molar-refractivity contribution in [1.29, 1.82) is 0 Å². The summed E-state index contributed by atoms with van der Waals surface area (Å²) in [6.07, 6.45) is 2.52. The normalized spacial score (nSPS) is 13.3. The van der Waals surface area contributed by atoms with E-state index in [9.17, 15) is 8.42 Å². The van der Waals surface area contributed by atoms with Gasteiger partial charge in [-0.3, -0.25) is 4.68 Å². The highest BCUT2D eigenvalue weighted by molar-refractivity contribution is 7.89. The van der Waals surface area contributed by atoms with Crippen LogP contribution in [0.2, 0.25) is 0 Å². The van der Waals surface area contributed by atoms with Gasteiger partial charge in [-0.1, -0.05) is 19.1 Å². The fourth-order valence-electron chi connectivity index (χ4n) is 1.96. The summed E-state index contributed by atoms with van der Waals surface area (Å²) in [5.74, 6) is 0. The summed E-state index contributed by atoms with van der Waals surface area (Å²) >= 11 is 0. The van der Waals surface area contributed by atoms with E-state index in [0.717, 1.165) is 12.0 Å². The number of aromatic nitrogens is 2. The first-order valence-corrected chi connectivity index (χ1v) is 8.24. The SMILES string of the molecule is CCC(N)c1cccc(S(=O)(=O)NCc2ccn(C)n2)c1. The van der Waals surface area contributed by atoms with Crippen LogP contribution in [-0.2, 0) is 23.6 Å². The third-order valence-corrected chi connectivity index (χ3v) is 4.65. The molecule has 0 radical (unpaired) electrons. The van der Waals surface area contributed by atoms with Crippen LogP contribution in [-0.4, -0.2) is 18.2 Å². The van der Waals surface area contributed by atoms with Crippen molar-refractivity contribution < 1.29 is 8.42 Å². The van der Waals surface area contributed by atoms with Gasteiger partial charge in [0.1, 0.15) is 0 Å². The van der Waals surface area contributed by atoms with Crippen molar-refractivity contribution in [2.75, 3.05) is 0 Å². The van der Waals surface area contributed by atoms with Crippen molar-refractivity contribution in [3.63, 3.8) is 0 Å². The molecule has 0 amide bonds. The summed E-state index contributed by atoms with van der Waals surface area (Å²) in [4.78, 5) is 0.222. The van der Waals surface area contributed by atoms with Crippen molar-refractivity contribution in [2.45, 2.75) is 30.8 Å². The van der Waals surface area contributed by atoms with E-state index in [2.05, 4.69) is 9.82 Å². The second-order valence-electron chi connectivity index (χ2n) is 4.89. The first-order chi connectivity index (χ1) is 9.92. The molecule has 3 N–H and O–H groups in total. The Bertz CT molecular complexity index is 709. The highest BCUT2D eigenvalue weighted by atomic mass is 32.2. The number of nitrogens with zero attached hydrogens (tertiary/aromatic N) is 2. The summed E-state index contributed by atoms with van der Waals surface area (Å²) in [6, 6.07) is 8.34. The van der Waals surface area contributed by atoms with Crippen molar-refractivity contribution in [1.82, 2.24) is 14.5 Å². The number of nitrogens with two attached hydrogens (primary N) is 1. The Morgan fingerprint density at radius 2 is 2.14 bits per heavy atom. The van der Waals surface area contributed by atoms with E-state index in [1.54, 1.807) is 42.2 Å². The smallest absolute Gasteiger partial charge is 0.240 e. The predicted octanol–water partition coefficient (Wildman–Crippen LogP) is 1.31. The molecule has 7 heteroatoms. The molecule has 1 heterocycles. The first-order valence-electron chi connectivity index (χ1n) is 6.76. The zero-order chi connectivity index (χ0) is 15.5. The van der Waals surface area contributed by atoms with E-state index in [1.807, 2.05) is 13.0 Å². The second-order valence-corrected chi connectivity index (χ2v) is 6.66. The average Bonchev–Trinajstić information content (AvgIpc) is 2.90. The zero-order valence-electron chi connectivity index (χ0n) is 12.2. The largest absolute Gasteiger partial charge is 0.324 e. The molecule has 0 fully saturated rings. The molecule has 0 saturated carbocycles. The maximum atomic E-state index is 12.3. The van der Waals surface area contributed by atoms with Crippen LogP contribution in [0.3, 0.4) is 0 Å². The van der Waals surface area contributed by atoms with Gasteiger partial charge >= 0.3 is 0 Å². The van der Waals surface area contributed by atoms with Crippen molar-refractivity contribution >= 4 is 10.0 Å². The van der Waals surface area contributed by atoms with Crippen LogP contribution in [0, 0.1) is 0 Å². The van der Waals surface area contributed by atoms with Crippen LogP contribution in [0.1, 0.15) is 30.6 Å². The molecular weight excluding hydrogens is 288 g/mol. The predicted molar refractivity (Wildman–Crippen MR) is 80.9 cm³/mol. The quantitative estimate of drug-likeness (QED) is 0.842. The summed E-state index contributed by atoms with van der Waals surface area (Å²) in [7, 11) is -1.78. The summed E-state index contributed by atoms with van der Waals surface area (Å²) in [5.41, 5.74) is 7.43. The minimum absolute atomic E-state index is 0.157. The molecule has 0 bridgehead atoms. The van der Waals surface area contributed by atoms with Crippen LogP contribution in [0.5, 0.6) is 0 Å². The number of sulfonamides is 1. The molecule has 1 aromatic carbocycles. The standard InChI is InChI=1S/C14H20N4O2S/c1-3-14(15)11-5-4-6-13(9-11)21(19,20)16-10-12-7-8-18(2)17-12/h4-9,14,16H,3,10,15H2,1-2H3. The van der Waals surface area contributed by atoms with Crippen LogP contribution >= 0.6 is 0 Å². The lowest BCUT2D eigenvalue weighted by Crippen LogP contribution is -2.24. The number of nitrogens with one attached hydrogen (secondary N) is 1. The van der Waals surface area contributed by atoms with E-state index in [-0.39, 0.29) is 17.5 Å². The van der Waals surface area contributed by atoms with E-state index in [4.69, 9.17) is 5.73 Å². The molecule has 21 heavy (non-hydrogen) atoms. The Hall–Kier alpha value is -1.70. The van der Waals surface area contributed by atoms with E-state index in [1.165, 1.54) is 0 Å². The van der Waals surface area contributed by atoms with Gasteiger partial charge in [-0.2, -0.15) is 5.10 Å². The van der Waals surface area contributed by atoms with Crippen LogP contribution in [0.25, 0.3) is 0 Å². The Morgan fingerprint density at radius 1 is 1.38 bits per heavy atom. The lowest BCUT2D eigenvalue weighted by Gasteiger charge is -2.11. The lowest BCUT2D eigenvalue weighted by molar-refractivity contribution is 0.579. The van der Waals surface area contributed by atoms with Gasteiger partial charge in [0.15, 0.2) is 0 Å². The maximum absolute atomic E-state index is 12.3. The van der Waals surface area contributed by atoms with Gasteiger partial charge in [0.05, 0.1) is 17.1 Å². The molecule has 0 spiro atoms. The number of hydrogen-bond donors (Lipinski definition) is 2. The molecule has 1 aromatic heterocycles. The Labute approximate surface area is 125 Å². The number of aryl methyl sites for hydroxylation is 1. The van der Waals surface area contributed by atoms with Gasteiger partial charge in [-0.25, -0.2) is 13.1 Å². The summed E-state index contributed by atoms with van der Waals surface area (Å²) < 4.78 is 28.8. The highest BCUT2D eigenvalue weighted by Crippen LogP contribution is 2.18. The van der Waals surface area contributed by atoms with Gasteiger partial charge in [-0.15, -0.1) is 0 Å². The van der Waals surface area contributed by atoms with Gasteiger partial charge in [0.25, 0.3) is 0 Å². The minimum Gasteiger partial charge on any atom is -0.324 e. The summed E-state index contributed by atoms with van der Waals surface area (Å²) in [6.45, 7) is 2.12. The highest BCUT2D eigenvalue weighted by Gasteiger charge is 2.16. The maximum Gasteiger partial charge on any atom is 0.240 e. The van der Waals surface area contributed by atoms with Crippen molar-refractivity contribution in [3.05, 3.63) is 47.8 Å². The molecule has 0 saturated heterocycles. The van der Waals surface area contributed by atoms with Gasteiger partial charge < -0.3 is 5.73 Å². The molecule has 114 valence electrons. The molecule has 2 rings (SSSR count). The topological polar surface area (TPSA) is 90.0 Å². The van der Waals surface area contributed by atoms with Crippen molar-refractivity contribution in [3.8, 4) is 0 Å². The van der Waals surface area contributed by atoms with Gasteiger partial charge in [-0.05, 0) is 30.2 Å². The molecular formula is C14H20N4O2S.